The van der Waals surface area contributed by atoms with E-state index in [4.69, 9.17) is 0 Å². The second-order valence-electron chi connectivity index (χ2n) is 6.24. The Morgan fingerprint density at radius 2 is 1.70 bits per heavy atom. The first-order chi connectivity index (χ1) is 13.3. The Morgan fingerprint density at radius 1 is 0.889 bits per heavy atom. The number of hydrogen-bond donors (Lipinski definition) is 1. The molecular weight excluding hydrogens is 338 g/mol. The van der Waals surface area contributed by atoms with Gasteiger partial charge >= 0.3 is 0 Å². The number of fused-ring (bicyclic) bond motifs is 1. The Labute approximate surface area is 156 Å². The van der Waals surface area contributed by atoms with Crippen molar-refractivity contribution in [3.05, 3.63) is 94.8 Å². The number of anilines is 1. The van der Waals surface area contributed by atoms with Crippen LogP contribution in [0.15, 0.2) is 78.1 Å². The smallest absolute Gasteiger partial charge is 0.294 e. The predicted molar refractivity (Wildman–Crippen MR) is 106 cm³/mol. The Morgan fingerprint density at radius 3 is 2.52 bits per heavy atom. The first kappa shape index (κ1) is 16.9. The molecule has 0 saturated carbocycles. The second kappa shape index (κ2) is 7.78. The lowest BCUT2D eigenvalue weighted by Gasteiger charge is -2.13. The Hall–Kier alpha value is -3.54. The molecule has 6 heteroatoms. The molecule has 0 fully saturated rings. The molecule has 0 spiro atoms. The van der Waals surface area contributed by atoms with Crippen LogP contribution in [0.5, 0.6) is 0 Å². The number of aromatic nitrogens is 4. The van der Waals surface area contributed by atoms with Crippen LogP contribution in [0.2, 0.25) is 0 Å². The Kier molecular flexibility index (Phi) is 4.87. The van der Waals surface area contributed by atoms with Crippen molar-refractivity contribution in [3.63, 3.8) is 0 Å². The van der Waals surface area contributed by atoms with E-state index in [1.54, 1.807) is 23.2 Å². The van der Waals surface area contributed by atoms with Crippen molar-refractivity contribution >= 4 is 16.9 Å². The van der Waals surface area contributed by atoms with E-state index < -0.39 is 0 Å². The van der Waals surface area contributed by atoms with Crippen molar-refractivity contribution in [3.8, 4) is 0 Å². The molecular formula is C21H19N5O. The van der Waals surface area contributed by atoms with Gasteiger partial charge in [0.05, 0.1) is 23.8 Å². The van der Waals surface area contributed by atoms with Gasteiger partial charge in [-0.1, -0.05) is 36.4 Å². The monoisotopic (exact) mass is 357 g/mol. The maximum Gasteiger partial charge on any atom is 0.294 e. The van der Waals surface area contributed by atoms with Crippen LogP contribution < -0.4 is 10.9 Å². The molecule has 0 aliphatic rings. The van der Waals surface area contributed by atoms with Crippen LogP contribution >= 0.6 is 0 Å². The number of rotatable bonds is 6. The van der Waals surface area contributed by atoms with E-state index in [9.17, 15) is 4.79 Å². The summed E-state index contributed by atoms with van der Waals surface area (Å²) in [4.78, 5) is 25.8. The third-order valence-electron chi connectivity index (χ3n) is 4.36. The van der Waals surface area contributed by atoms with Crippen LogP contribution in [0.4, 0.5) is 5.82 Å². The van der Waals surface area contributed by atoms with Crippen molar-refractivity contribution in [2.24, 2.45) is 0 Å². The van der Waals surface area contributed by atoms with Crippen molar-refractivity contribution in [2.45, 2.75) is 13.0 Å². The molecule has 1 aromatic carbocycles. The standard InChI is InChI=1S/C21H19N5O/c27-21-20(24-12-8-16-7-4-10-22-13-16)25-18-9-11-23-14-19(18)26(21)15-17-5-2-1-3-6-17/h1-7,9-11,13-14H,8,12,15H2,(H,24,25). The molecule has 0 atom stereocenters. The summed E-state index contributed by atoms with van der Waals surface area (Å²) < 4.78 is 1.72. The van der Waals surface area contributed by atoms with Crippen LogP contribution in [0, 0.1) is 0 Å². The minimum atomic E-state index is -0.148. The molecule has 0 amide bonds. The largest absolute Gasteiger partial charge is 0.365 e. The molecule has 6 nitrogen and oxygen atoms in total. The topological polar surface area (TPSA) is 72.7 Å². The van der Waals surface area contributed by atoms with Crippen LogP contribution in [0.1, 0.15) is 11.1 Å². The molecule has 4 rings (SSSR count). The van der Waals surface area contributed by atoms with Gasteiger partial charge in [0.1, 0.15) is 0 Å². The van der Waals surface area contributed by atoms with Crippen molar-refractivity contribution in [1.29, 1.82) is 0 Å². The molecule has 0 unspecified atom stereocenters. The van der Waals surface area contributed by atoms with Gasteiger partial charge in [-0.3, -0.25) is 19.3 Å². The van der Waals surface area contributed by atoms with Crippen LogP contribution in [-0.2, 0) is 13.0 Å². The second-order valence-corrected chi connectivity index (χ2v) is 6.24. The fraction of sp³-hybridized carbons (Fsp3) is 0.143. The summed E-state index contributed by atoms with van der Waals surface area (Å²) >= 11 is 0. The summed E-state index contributed by atoms with van der Waals surface area (Å²) in [5.74, 6) is 0.355. The fourth-order valence-electron chi connectivity index (χ4n) is 3.00. The molecule has 1 N–H and O–H groups in total. The fourth-order valence-corrected chi connectivity index (χ4v) is 3.00. The van der Waals surface area contributed by atoms with Gasteiger partial charge in [0, 0.05) is 25.1 Å². The van der Waals surface area contributed by atoms with Gasteiger partial charge in [0.25, 0.3) is 5.56 Å². The van der Waals surface area contributed by atoms with Crippen molar-refractivity contribution in [1.82, 2.24) is 19.5 Å². The quantitative estimate of drug-likeness (QED) is 0.574. The molecule has 0 radical (unpaired) electrons. The van der Waals surface area contributed by atoms with Crippen LogP contribution in [0.25, 0.3) is 11.0 Å². The highest BCUT2D eigenvalue weighted by Gasteiger charge is 2.11. The lowest BCUT2D eigenvalue weighted by molar-refractivity contribution is 0.784. The van der Waals surface area contributed by atoms with Gasteiger partial charge in [-0.15, -0.1) is 0 Å². The van der Waals surface area contributed by atoms with Crippen LogP contribution in [0.3, 0.4) is 0 Å². The van der Waals surface area contributed by atoms with Crippen molar-refractivity contribution < 1.29 is 0 Å². The summed E-state index contributed by atoms with van der Waals surface area (Å²) in [7, 11) is 0. The first-order valence-corrected chi connectivity index (χ1v) is 8.82. The summed E-state index contributed by atoms with van der Waals surface area (Å²) in [6.07, 6.45) is 7.72. The summed E-state index contributed by atoms with van der Waals surface area (Å²) in [5.41, 5.74) is 3.48. The molecule has 134 valence electrons. The number of pyridine rings is 2. The van der Waals surface area contributed by atoms with E-state index in [1.165, 1.54) is 0 Å². The highest BCUT2D eigenvalue weighted by atomic mass is 16.1. The number of nitrogens with one attached hydrogen (secondary N) is 1. The number of hydrogen-bond acceptors (Lipinski definition) is 5. The van der Waals surface area contributed by atoms with Gasteiger partial charge in [0.15, 0.2) is 5.82 Å². The Balaban J connectivity index is 1.65. The minimum Gasteiger partial charge on any atom is -0.365 e. The lowest BCUT2D eigenvalue weighted by Crippen LogP contribution is -2.26. The molecule has 3 heterocycles. The highest BCUT2D eigenvalue weighted by molar-refractivity contribution is 5.75. The normalized spacial score (nSPS) is 10.8. The van der Waals surface area contributed by atoms with Crippen LogP contribution in [-0.4, -0.2) is 26.1 Å². The lowest BCUT2D eigenvalue weighted by atomic mass is 10.2. The van der Waals surface area contributed by atoms with Gasteiger partial charge in [-0.2, -0.15) is 0 Å². The molecule has 4 aromatic rings. The third-order valence-corrected chi connectivity index (χ3v) is 4.36. The maximum absolute atomic E-state index is 13.0. The maximum atomic E-state index is 13.0. The molecule has 0 saturated heterocycles. The number of benzene rings is 1. The third kappa shape index (κ3) is 3.84. The first-order valence-electron chi connectivity index (χ1n) is 8.82. The number of nitrogens with zero attached hydrogens (tertiary/aromatic N) is 4. The molecule has 3 aromatic heterocycles. The van der Waals surface area contributed by atoms with Gasteiger partial charge in [-0.05, 0) is 29.7 Å². The zero-order valence-corrected chi connectivity index (χ0v) is 14.7. The van der Waals surface area contributed by atoms with Gasteiger partial charge in [-0.25, -0.2) is 4.98 Å². The van der Waals surface area contributed by atoms with E-state index in [0.717, 1.165) is 28.6 Å². The summed E-state index contributed by atoms with van der Waals surface area (Å²) in [6.45, 7) is 1.08. The minimum absolute atomic E-state index is 0.148. The zero-order chi connectivity index (χ0) is 18.5. The van der Waals surface area contributed by atoms with E-state index in [2.05, 4.69) is 20.3 Å². The summed E-state index contributed by atoms with van der Waals surface area (Å²) in [5, 5.41) is 3.19. The van der Waals surface area contributed by atoms with Gasteiger partial charge in [0.2, 0.25) is 0 Å². The molecule has 0 aliphatic heterocycles. The zero-order valence-electron chi connectivity index (χ0n) is 14.7. The average Bonchev–Trinajstić information content (AvgIpc) is 2.72. The van der Waals surface area contributed by atoms with Crippen molar-refractivity contribution in [2.75, 3.05) is 11.9 Å². The predicted octanol–water partition coefficient (Wildman–Crippen LogP) is 2.89. The SMILES string of the molecule is O=c1c(NCCc2cccnc2)nc2ccncc2n1Cc1ccccc1. The molecule has 0 bridgehead atoms. The Bertz CT molecular complexity index is 1090. The van der Waals surface area contributed by atoms with E-state index in [1.807, 2.05) is 54.7 Å². The molecule has 0 aliphatic carbocycles. The summed E-state index contributed by atoms with van der Waals surface area (Å²) in [6, 6.07) is 15.6. The van der Waals surface area contributed by atoms with E-state index >= 15 is 0 Å². The van der Waals surface area contributed by atoms with E-state index in [0.29, 0.717) is 18.9 Å². The average molecular weight is 357 g/mol. The molecule has 27 heavy (non-hydrogen) atoms. The van der Waals surface area contributed by atoms with E-state index in [-0.39, 0.29) is 5.56 Å². The highest BCUT2D eigenvalue weighted by Crippen LogP contribution is 2.13. The van der Waals surface area contributed by atoms with Gasteiger partial charge < -0.3 is 5.32 Å².